The number of hydrogen-bond acceptors (Lipinski definition) is 4. The lowest BCUT2D eigenvalue weighted by molar-refractivity contribution is -0.151. The Balaban J connectivity index is 1.91. The topological polar surface area (TPSA) is 64.6 Å². The monoisotopic (exact) mass is 369 g/mol. The number of ether oxygens (including phenoxy) is 2. The number of hydrogen-bond donors (Lipinski definition) is 1. The van der Waals surface area contributed by atoms with Crippen molar-refractivity contribution < 1.29 is 19.1 Å². The standard InChI is InChI=1S/C22H27NO4/c1-4-16(2)21(17-10-6-5-7-11-17)22(25)27-15-20(24)23-14-18-12-8-9-13-19(18)26-3/h5-13,16,21H,4,14-15H2,1-3H3,(H,23,24)/t16-,21-/m1/s1. The minimum atomic E-state index is -0.377. The van der Waals surface area contributed by atoms with Crippen LogP contribution in [0.15, 0.2) is 54.6 Å². The first kappa shape index (κ1) is 20.5. The highest BCUT2D eigenvalue weighted by Crippen LogP contribution is 2.28. The molecule has 0 unspecified atom stereocenters. The van der Waals surface area contributed by atoms with Gasteiger partial charge in [0.05, 0.1) is 13.0 Å². The first-order valence-electron chi connectivity index (χ1n) is 9.17. The number of esters is 1. The summed E-state index contributed by atoms with van der Waals surface area (Å²) in [4.78, 5) is 24.7. The molecule has 5 nitrogen and oxygen atoms in total. The zero-order chi connectivity index (χ0) is 19.6. The van der Waals surface area contributed by atoms with Crippen molar-refractivity contribution in [1.29, 1.82) is 0 Å². The molecule has 0 aliphatic carbocycles. The molecule has 144 valence electrons. The minimum Gasteiger partial charge on any atom is -0.496 e. The van der Waals surface area contributed by atoms with E-state index in [1.165, 1.54) is 0 Å². The van der Waals surface area contributed by atoms with E-state index in [0.717, 1.165) is 17.5 Å². The summed E-state index contributed by atoms with van der Waals surface area (Å²) in [6.07, 6.45) is 0.842. The maximum atomic E-state index is 12.6. The maximum Gasteiger partial charge on any atom is 0.314 e. The van der Waals surface area contributed by atoms with Gasteiger partial charge >= 0.3 is 5.97 Å². The van der Waals surface area contributed by atoms with Crippen LogP contribution < -0.4 is 10.1 Å². The second-order valence-corrected chi connectivity index (χ2v) is 6.47. The van der Waals surface area contributed by atoms with Gasteiger partial charge in [-0.2, -0.15) is 0 Å². The molecule has 0 aliphatic heterocycles. The van der Waals surface area contributed by atoms with Crippen LogP contribution in [0.4, 0.5) is 0 Å². The van der Waals surface area contributed by atoms with Crippen LogP contribution in [0.3, 0.4) is 0 Å². The molecular weight excluding hydrogens is 342 g/mol. The van der Waals surface area contributed by atoms with Gasteiger partial charge in [0.25, 0.3) is 5.91 Å². The number of methoxy groups -OCH3 is 1. The van der Waals surface area contributed by atoms with Gasteiger partial charge in [-0.25, -0.2) is 0 Å². The zero-order valence-electron chi connectivity index (χ0n) is 16.1. The Hall–Kier alpha value is -2.82. The largest absolute Gasteiger partial charge is 0.496 e. The fourth-order valence-electron chi connectivity index (χ4n) is 2.91. The predicted octanol–water partition coefficient (Wildman–Crippen LogP) is 3.68. The van der Waals surface area contributed by atoms with E-state index in [4.69, 9.17) is 9.47 Å². The van der Waals surface area contributed by atoms with Crippen molar-refractivity contribution in [2.24, 2.45) is 5.92 Å². The highest BCUT2D eigenvalue weighted by Gasteiger charge is 2.27. The van der Waals surface area contributed by atoms with Crippen LogP contribution >= 0.6 is 0 Å². The molecule has 0 heterocycles. The van der Waals surface area contributed by atoms with Crippen molar-refractivity contribution in [3.8, 4) is 5.75 Å². The van der Waals surface area contributed by atoms with Crippen LogP contribution in [-0.2, 0) is 20.9 Å². The first-order valence-corrected chi connectivity index (χ1v) is 9.17. The van der Waals surface area contributed by atoms with Crippen molar-refractivity contribution >= 4 is 11.9 Å². The summed E-state index contributed by atoms with van der Waals surface area (Å²) in [5.74, 6) is -0.265. The normalized spacial score (nSPS) is 12.7. The summed E-state index contributed by atoms with van der Waals surface area (Å²) in [5, 5.41) is 2.75. The Labute approximate surface area is 160 Å². The molecule has 0 saturated heterocycles. The van der Waals surface area contributed by atoms with E-state index >= 15 is 0 Å². The van der Waals surface area contributed by atoms with Crippen LogP contribution in [0.5, 0.6) is 5.75 Å². The molecule has 2 aromatic rings. The van der Waals surface area contributed by atoms with Crippen molar-refractivity contribution in [2.75, 3.05) is 13.7 Å². The molecule has 0 bridgehead atoms. The molecule has 1 amide bonds. The molecule has 2 rings (SSSR count). The van der Waals surface area contributed by atoms with Gasteiger partial charge in [0, 0.05) is 12.1 Å². The van der Waals surface area contributed by atoms with Gasteiger partial charge in [-0.3, -0.25) is 9.59 Å². The summed E-state index contributed by atoms with van der Waals surface area (Å²) in [6.45, 7) is 4.07. The Kier molecular flexibility index (Phi) is 7.86. The summed E-state index contributed by atoms with van der Waals surface area (Å²) >= 11 is 0. The number of nitrogens with one attached hydrogen (secondary N) is 1. The molecule has 0 spiro atoms. The van der Waals surface area contributed by atoms with Crippen molar-refractivity contribution in [2.45, 2.75) is 32.7 Å². The number of rotatable bonds is 9. The summed E-state index contributed by atoms with van der Waals surface area (Å²) in [6, 6.07) is 17.0. The third-order valence-corrected chi connectivity index (χ3v) is 4.64. The molecule has 5 heteroatoms. The molecule has 27 heavy (non-hydrogen) atoms. The molecule has 0 saturated carbocycles. The van der Waals surface area contributed by atoms with Crippen molar-refractivity contribution in [3.05, 3.63) is 65.7 Å². The maximum absolute atomic E-state index is 12.6. The molecule has 0 fully saturated rings. The average molecular weight is 369 g/mol. The van der Waals surface area contributed by atoms with Crippen LogP contribution in [0.1, 0.15) is 37.3 Å². The second-order valence-electron chi connectivity index (χ2n) is 6.47. The van der Waals surface area contributed by atoms with E-state index in [2.05, 4.69) is 5.32 Å². The van der Waals surface area contributed by atoms with Crippen LogP contribution in [-0.4, -0.2) is 25.6 Å². The lowest BCUT2D eigenvalue weighted by atomic mass is 9.86. The number of carbonyl (C=O) groups excluding carboxylic acids is 2. The number of para-hydroxylation sites is 1. The van der Waals surface area contributed by atoms with E-state index in [-0.39, 0.29) is 30.3 Å². The van der Waals surface area contributed by atoms with Gasteiger partial charge in [-0.1, -0.05) is 68.8 Å². The van der Waals surface area contributed by atoms with E-state index in [9.17, 15) is 9.59 Å². The fourth-order valence-corrected chi connectivity index (χ4v) is 2.91. The van der Waals surface area contributed by atoms with Gasteiger partial charge in [-0.15, -0.1) is 0 Å². The Morgan fingerprint density at radius 2 is 1.70 bits per heavy atom. The highest BCUT2D eigenvalue weighted by molar-refractivity contribution is 5.83. The van der Waals surface area contributed by atoms with E-state index in [1.54, 1.807) is 7.11 Å². The van der Waals surface area contributed by atoms with Gasteiger partial charge in [0.15, 0.2) is 6.61 Å². The van der Waals surface area contributed by atoms with Crippen LogP contribution in [0, 0.1) is 5.92 Å². The summed E-state index contributed by atoms with van der Waals surface area (Å²) in [5.41, 5.74) is 1.77. The first-order chi connectivity index (χ1) is 13.1. The van der Waals surface area contributed by atoms with Crippen LogP contribution in [0.25, 0.3) is 0 Å². The number of amides is 1. The SMILES string of the molecule is CC[C@@H](C)[C@@H](C(=O)OCC(=O)NCc1ccccc1OC)c1ccccc1. The van der Waals surface area contributed by atoms with Crippen molar-refractivity contribution in [1.82, 2.24) is 5.32 Å². The van der Waals surface area contributed by atoms with Crippen LogP contribution in [0.2, 0.25) is 0 Å². The smallest absolute Gasteiger partial charge is 0.314 e. The van der Waals surface area contributed by atoms with E-state index < -0.39 is 0 Å². The minimum absolute atomic E-state index is 0.122. The lowest BCUT2D eigenvalue weighted by Gasteiger charge is -2.21. The lowest BCUT2D eigenvalue weighted by Crippen LogP contribution is -2.31. The van der Waals surface area contributed by atoms with Gasteiger partial charge in [-0.05, 0) is 17.5 Å². The molecule has 0 aromatic heterocycles. The molecule has 1 N–H and O–H groups in total. The summed E-state index contributed by atoms with van der Waals surface area (Å²) in [7, 11) is 1.58. The molecule has 0 aliphatic rings. The van der Waals surface area contributed by atoms with Gasteiger partial charge in [0.1, 0.15) is 5.75 Å². The second kappa shape index (κ2) is 10.4. The van der Waals surface area contributed by atoms with Gasteiger partial charge < -0.3 is 14.8 Å². The average Bonchev–Trinajstić information content (AvgIpc) is 2.71. The molecule has 2 atom stereocenters. The molecule has 0 radical (unpaired) electrons. The predicted molar refractivity (Wildman–Crippen MR) is 104 cm³/mol. The van der Waals surface area contributed by atoms with E-state index in [0.29, 0.717) is 12.3 Å². The Morgan fingerprint density at radius 3 is 2.37 bits per heavy atom. The highest BCUT2D eigenvalue weighted by atomic mass is 16.5. The molecule has 2 aromatic carbocycles. The van der Waals surface area contributed by atoms with Gasteiger partial charge in [0.2, 0.25) is 0 Å². The quantitative estimate of drug-likeness (QED) is 0.685. The molecular formula is C22H27NO4. The van der Waals surface area contributed by atoms with E-state index in [1.807, 2.05) is 68.4 Å². The fraction of sp³-hybridized carbons (Fsp3) is 0.364. The third-order valence-electron chi connectivity index (χ3n) is 4.64. The van der Waals surface area contributed by atoms with Crippen molar-refractivity contribution in [3.63, 3.8) is 0 Å². The summed E-state index contributed by atoms with van der Waals surface area (Å²) < 4.78 is 10.6. The Bertz CT molecular complexity index is 745. The Morgan fingerprint density at radius 1 is 1.04 bits per heavy atom. The number of benzene rings is 2. The number of carbonyl (C=O) groups is 2. The zero-order valence-corrected chi connectivity index (χ0v) is 16.1. The third kappa shape index (κ3) is 5.84.